The van der Waals surface area contributed by atoms with Crippen molar-refractivity contribution in [1.82, 2.24) is 0 Å². The Hall–Kier alpha value is -1.94. The monoisotopic (exact) mass is 288 g/mol. The molecule has 0 unspecified atom stereocenters. The number of thioether (sulfide) groups is 1. The summed E-state index contributed by atoms with van der Waals surface area (Å²) in [5.74, 6) is 1.23. The average molecular weight is 288 g/mol. The minimum absolute atomic E-state index is 0.209. The van der Waals surface area contributed by atoms with Gasteiger partial charge in [-0.25, -0.2) is 4.79 Å². The van der Waals surface area contributed by atoms with Gasteiger partial charge >= 0.3 is 5.97 Å². The lowest BCUT2D eigenvalue weighted by atomic mass is 10.2. The Morgan fingerprint density at radius 3 is 2.50 bits per heavy atom. The third-order valence-corrected chi connectivity index (χ3v) is 3.71. The van der Waals surface area contributed by atoms with Gasteiger partial charge in [0.25, 0.3) is 0 Å². The van der Waals surface area contributed by atoms with Crippen LogP contribution >= 0.6 is 11.8 Å². The largest absolute Gasteiger partial charge is 0.492 e. The van der Waals surface area contributed by atoms with Gasteiger partial charge in [-0.2, -0.15) is 11.8 Å². The molecule has 3 nitrogen and oxygen atoms in total. The van der Waals surface area contributed by atoms with Crippen molar-refractivity contribution in [3.63, 3.8) is 0 Å². The summed E-state index contributed by atoms with van der Waals surface area (Å²) >= 11 is 1.77. The van der Waals surface area contributed by atoms with Crippen LogP contribution in [0.25, 0.3) is 0 Å². The Kier molecular flexibility index (Phi) is 5.50. The van der Waals surface area contributed by atoms with E-state index in [4.69, 9.17) is 9.84 Å². The molecule has 0 aliphatic rings. The third kappa shape index (κ3) is 4.31. The Balaban J connectivity index is 1.75. The molecule has 2 aromatic rings. The van der Waals surface area contributed by atoms with Crippen LogP contribution in [0.15, 0.2) is 54.6 Å². The molecule has 0 saturated carbocycles. The number of ether oxygens (including phenoxy) is 1. The zero-order valence-electron chi connectivity index (χ0n) is 11.0. The fourth-order valence-corrected chi connectivity index (χ4v) is 2.52. The topological polar surface area (TPSA) is 46.5 Å². The third-order valence-electron chi connectivity index (χ3n) is 2.71. The first kappa shape index (κ1) is 14.5. The highest BCUT2D eigenvalue weighted by Gasteiger charge is 2.09. The Bertz CT molecular complexity index is 555. The van der Waals surface area contributed by atoms with Crippen LogP contribution in [0.4, 0.5) is 0 Å². The molecule has 20 heavy (non-hydrogen) atoms. The number of benzene rings is 2. The summed E-state index contributed by atoms with van der Waals surface area (Å²) in [5.41, 5.74) is 1.49. The molecule has 0 fully saturated rings. The van der Waals surface area contributed by atoms with Crippen LogP contribution in [0.3, 0.4) is 0 Å². The van der Waals surface area contributed by atoms with Crippen molar-refractivity contribution in [1.29, 1.82) is 0 Å². The molecule has 2 aromatic carbocycles. The van der Waals surface area contributed by atoms with E-state index in [2.05, 4.69) is 12.1 Å². The van der Waals surface area contributed by atoms with E-state index < -0.39 is 5.97 Å². The van der Waals surface area contributed by atoms with Crippen LogP contribution in [0.2, 0.25) is 0 Å². The zero-order chi connectivity index (χ0) is 14.2. The van der Waals surface area contributed by atoms with Crippen LogP contribution in [-0.4, -0.2) is 23.4 Å². The highest BCUT2D eigenvalue weighted by molar-refractivity contribution is 7.98. The van der Waals surface area contributed by atoms with Gasteiger partial charge in [0.1, 0.15) is 11.3 Å². The maximum Gasteiger partial charge on any atom is 0.339 e. The normalized spacial score (nSPS) is 10.2. The number of hydrogen-bond donors (Lipinski definition) is 1. The number of rotatable bonds is 7. The number of carboxylic acids is 1. The Labute approximate surface area is 122 Å². The maximum atomic E-state index is 11.0. The van der Waals surface area contributed by atoms with Gasteiger partial charge in [-0.3, -0.25) is 0 Å². The van der Waals surface area contributed by atoms with Crippen molar-refractivity contribution in [2.75, 3.05) is 12.4 Å². The lowest BCUT2D eigenvalue weighted by Gasteiger charge is -2.08. The summed E-state index contributed by atoms with van der Waals surface area (Å²) in [5, 5.41) is 9.03. The minimum Gasteiger partial charge on any atom is -0.492 e. The summed E-state index contributed by atoms with van der Waals surface area (Å²) in [6.07, 6.45) is 0. The van der Waals surface area contributed by atoms with Gasteiger partial charge in [-0.1, -0.05) is 42.5 Å². The van der Waals surface area contributed by atoms with Crippen LogP contribution in [0.5, 0.6) is 5.75 Å². The van der Waals surface area contributed by atoms with Gasteiger partial charge in [0.05, 0.1) is 6.61 Å². The first-order chi connectivity index (χ1) is 9.77. The summed E-state index contributed by atoms with van der Waals surface area (Å²) in [7, 11) is 0. The SMILES string of the molecule is O=C(O)c1ccccc1OCCSCc1ccccc1. The summed E-state index contributed by atoms with van der Waals surface area (Å²) in [4.78, 5) is 11.0. The van der Waals surface area contributed by atoms with E-state index in [-0.39, 0.29) is 5.56 Å². The number of aromatic carboxylic acids is 1. The lowest BCUT2D eigenvalue weighted by Crippen LogP contribution is -2.05. The number of para-hydroxylation sites is 1. The van der Waals surface area contributed by atoms with E-state index in [1.165, 1.54) is 5.56 Å². The summed E-state index contributed by atoms with van der Waals surface area (Å²) < 4.78 is 5.53. The molecule has 0 spiro atoms. The Morgan fingerprint density at radius 2 is 1.75 bits per heavy atom. The molecule has 1 N–H and O–H groups in total. The summed E-state index contributed by atoms with van der Waals surface area (Å²) in [6.45, 7) is 0.502. The first-order valence-electron chi connectivity index (χ1n) is 6.34. The lowest BCUT2D eigenvalue weighted by molar-refractivity contribution is 0.0692. The number of carbonyl (C=O) groups is 1. The second-order valence-electron chi connectivity index (χ2n) is 4.19. The Morgan fingerprint density at radius 1 is 1.05 bits per heavy atom. The maximum absolute atomic E-state index is 11.0. The van der Waals surface area contributed by atoms with Crippen LogP contribution in [0, 0.1) is 0 Å². The highest BCUT2D eigenvalue weighted by Crippen LogP contribution is 2.18. The fraction of sp³-hybridized carbons (Fsp3) is 0.188. The molecule has 4 heteroatoms. The predicted octanol–water partition coefficient (Wildman–Crippen LogP) is 3.70. The van der Waals surface area contributed by atoms with Gasteiger partial charge in [0.15, 0.2) is 0 Å². The minimum atomic E-state index is -0.961. The van der Waals surface area contributed by atoms with Gasteiger partial charge < -0.3 is 9.84 Å². The zero-order valence-corrected chi connectivity index (χ0v) is 11.8. The highest BCUT2D eigenvalue weighted by atomic mass is 32.2. The van der Waals surface area contributed by atoms with Crippen molar-refractivity contribution >= 4 is 17.7 Å². The van der Waals surface area contributed by atoms with Crippen LogP contribution in [-0.2, 0) is 5.75 Å². The van der Waals surface area contributed by atoms with Crippen LogP contribution in [0.1, 0.15) is 15.9 Å². The van der Waals surface area contributed by atoms with Crippen molar-refractivity contribution < 1.29 is 14.6 Å². The smallest absolute Gasteiger partial charge is 0.339 e. The van der Waals surface area contributed by atoms with E-state index in [1.807, 2.05) is 18.2 Å². The average Bonchev–Trinajstić information content (AvgIpc) is 2.48. The van der Waals surface area contributed by atoms with E-state index in [1.54, 1.807) is 36.0 Å². The molecule has 0 heterocycles. The first-order valence-corrected chi connectivity index (χ1v) is 7.49. The fourth-order valence-electron chi connectivity index (χ4n) is 1.74. The molecular formula is C16H16O3S. The van der Waals surface area contributed by atoms with Crippen molar-refractivity contribution in [2.24, 2.45) is 0 Å². The molecule has 0 aliphatic carbocycles. The van der Waals surface area contributed by atoms with Crippen molar-refractivity contribution in [3.05, 3.63) is 65.7 Å². The van der Waals surface area contributed by atoms with E-state index >= 15 is 0 Å². The van der Waals surface area contributed by atoms with E-state index in [9.17, 15) is 4.79 Å². The van der Waals surface area contributed by atoms with Gasteiger partial charge in [0, 0.05) is 11.5 Å². The van der Waals surface area contributed by atoms with Crippen molar-refractivity contribution in [2.45, 2.75) is 5.75 Å². The predicted molar refractivity (Wildman–Crippen MR) is 81.5 cm³/mol. The summed E-state index contributed by atoms with van der Waals surface area (Å²) in [6, 6.07) is 16.9. The van der Waals surface area contributed by atoms with Crippen molar-refractivity contribution in [3.8, 4) is 5.75 Å². The molecule has 0 amide bonds. The standard InChI is InChI=1S/C16H16O3S/c17-16(18)14-8-4-5-9-15(14)19-10-11-20-12-13-6-2-1-3-7-13/h1-9H,10-12H2,(H,17,18). The van der Waals surface area contributed by atoms with E-state index in [0.29, 0.717) is 12.4 Å². The molecule has 0 radical (unpaired) electrons. The second-order valence-corrected chi connectivity index (χ2v) is 5.29. The molecule has 0 aromatic heterocycles. The molecule has 0 atom stereocenters. The molecular weight excluding hydrogens is 272 g/mol. The number of hydrogen-bond acceptors (Lipinski definition) is 3. The number of carboxylic acid groups (broad SMARTS) is 1. The van der Waals surface area contributed by atoms with Gasteiger partial charge in [-0.15, -0.1) is 0 Å². The van der Waals surface area contributed by atoms with Crippen LogP contribution < -0.4 is 4.74 Å². The van der Waals surface area contributed by atoms with Gasteiger partial charge in [-0.05, 0) is 17.7 Å². The molecule has 0 saturated heterocycles. The molecule has 2 rings (SSSR count). The molecule has 0 aliphatic heterocycles. The van der Waals surface area contributed by atoms with Gasteiger partial charge in [0.2, 0.25) is 0 Å². The molecule has 0 bridgehead atoms. The second kappa shape index (κ2) is 7.60. The van der Waals surface area contributed by atoms with E-state index in [0.717, 1.165) is 11.5 Å². The molecule has 104 valence electrons. The quantitative estimate of drug-likeness (QED) is 0.789.